The Labute approximate surface area is 198 Å². The largest absolute Gasteiger partial charge is 0.357 e. The van der Waals surface area contributed by atoms with Crippen molar-refractivity contribution >= 4 is 11.8 Å². The third-order valence-corrected chi connectivity index (χ3v) is 7.57. The van der Waals surface area contributed by atoms with Gasteiger partial charge in [-0.1, -0.05) is 30.3 Å². The molecule has 3 saturated heterocycles. The third kappa shape index (κ3) is 5.32. The number of carbonyl (C=O) groups excluding carboxylic acids is 1. The van der Waals surface area contributed by atoms with Gasteiger partial charge in [0.15, 0.2) is 0 Å². The van der Waals surface area contributed by atoms with Crippen LogP contribution in [0.2, 0.25) is 0 Å². The van der Waals surface area contributed by atoms with Gasteiger partial charge in [-0.2, -0.15) is 0 Å². The molecule has 6 nitrogen and oxygen atoms in total. The first-order chi connectivity index (χ1) is 16.2. The van der Waals surface area contributed by atoms with E-state index in [1.54, 1.807) is 0 Å². The number of piperidine rings is 2. The Hall–Kier alpha value is -2.60. The molecule has 0 saturated carbocycles. The Morgan fingerprint density at radius 1 is 1.00 bits per heavy atom. The van der Waals surface area contributed by atoms with Crippen LogP contribution in [0.15, 0.2) is 42.5 Å². The number of nitrogens with zero attached hydrogens (tertiary/aromatic N) is 4. The molecule has 1 aromatic heterocycles. The van der Waals surface area contributed by atoms with Crippen LogP contribution in [0.4, 0.5) is 10.6 Å². The first-order valence-electron chi connectivity index (χ1n) is 12.7. The normalized spacial score (nSPS) is 23.4. The number of urea groups is 1. The maximum Gasteiger partial charge on any atom is 0.317 e. The molecule has 1 aromatic carbocycles. The van der Waals surface area contributed by atoms with Gasteiger partial charge in [0, 0.05) is 51.0 Å². The highest BCUT2D eigenvalue weighted by Gasteiger charge is 2.37. The van der Waals surface area contributed by atoms with Crippen LogP contribution in [-0.2, 0) is 13.1 Å². The number of aryl methyl sites for hydroxylation is 1. The number of anilines is 1. The maximum absolute atomic E-state index is 13.0. The SMILES string of the molecule is Cc1cc(CNC(=O)N2CCC3C(CCCN3Cc3ccccc3)C2)cc(N2CCCC2)n1. The number of amides is 2. The Balaban J connectivity index is 1.16. The molecule has 1 N–H and O–H groups in total. The minimum Gasteiger partial charge on any atom is -0.357 e. The second-order valence-electron chi connectivity index (χ2n) is 9.99. The predicted octanol–water partition coefficient (Wildman–Crippen LogP) is 4.19. The second kappa shape index (κ2) is 10.1. The van der Waals surface area contributed by atoms with Crippen LogP contribution >= 0.6 is 0 Å². The summed E-state index contributed by atoms with van der Waals surface area (Å²) in [5.74, 6) is 1.63. The van der Waals surface area contributed by atoms with Gasteiger partial charge in [0.05, 0.1) is 0 Å². The Morgan fingerprint density at radius 3 is 2.64 bits per heavy atom. The number of likely N-dealkylation sites (tertiary alicyclic amines) is 2. The lowest BCUT2D eigenvalue weighted by Crippen LogP contribution is -2.56. The Kier molecular flexibility index (Phi) is 6.81. The van der Waals surface area contributed by atoms with Crippen LogP contribution in [0.25, 0.3) is 0 Å². The van der Waals surface area contributed by atoms with Gasteiger partial charge in [-0.15, -0.1) is 0 Å². The first kappa shape index (κ1) is 22.2. The highest BCUT2D eigenvalue weighted by molar-refractivity contribution is 5.74. The van der Waals surface area contributed by atoms with Gasteiger partial charge in [-0.3, -0.25) is 4.90 Å². The van der Waals surface area contributed by atoms with Crippen LogP contribution in [0.1, 0.15) is 48.9 Å². The zero-order valence-corrected chi connectivity index (χ0v) is 19.9. The number of hydrogen-bond acceptors (Lipinski definition) is 4. The van der Waals surface area contributed by atoms with Crippen molar-refractivity contribution in [1.29, 1.82) is 0 Å². The van der Waals surface area contributed by atoms with Gasteiger partial charge in [0.25, 0.3) is 0 Å². The Morgan fingerprint density at radius 2 is 1.82 bits per heavy atom. The molecule has 0 bridgehead atoms. The lowest BCUT2D eigenvalue weighted by atomic mass is 9.83. The maximum atomic E-state index is 13.0. The number of carbonyl (C=O) groups is 1. The van der Waals surface area contributed by atoms with E-state index in [0.717, 1.165) is 56.2 Å². The van der Waals surface area contributed by atoms with Crippen molar-refractivity contribution in [2.24, 2.45) is 5.92 Å². The summed E-state index contributed by atoms with van der Waals surface area (Å²) in [7, 11) is 0. The molecule has 2 amide bonds. The molecule has 2 aromatic rings. The summed E-state index contributed by atoms with van der Waals surface area (Å²) >= 11 is 0. The number of aromatic nitrogens is 1. The van der Waals surface area contributed by atoms with Crippen molar-refractivity contribution in [2.75, 3.05) is 37.6 Å². The highest BCUT2D eigenvalue weighted by atomic mass is 16.2. The number of hydrogen-bond donors (Lipinski definition) is 1. The number of rotatable bonds is 5. The molecule has 33 heavy (non-hydrogen) atoms. The van der Waals surface area contributed by atoms with Crippen molar-refractivity contribution in [1.82, 2.24) is 20.1 Å². The van der Waals surface area contributed by atoms with Crippen molar-refractivity contribution in [3.05, 3.63) is 59.3 Å². The number of nitrogens with one attached hydrogen (secondary N) is 1. The van der Waals surface area contributed by atoms with E-state index in [0.29, 0.717) is 18.5 Å². The van der Waals surface area contributed by atoms with E-state index in [2.05, 4.69) is 57.6 Å². The molecule has 0 spiro atoms. The molecule has 4 heterocycles. The summed E-state index contributed by atoms with van der Waals surface area (Å²) in [6.45, 7) is 8.67. The number of fused-ring (bicyclic) bond motifs is 1. The smallest absolute Gasteiger partial charge is 0.317 e. The van der Waals surface area contributed by atoms with E-state index in [-0.39, 0.29) is 6.03 Å². The number of pyridine rings is 1. The summed E-state index contributed by atoms with van der Waals surface area (Å²) in [6, 6.07) is 15.7. The zero-order valence-electron chi connectivity index (χ0n) is 19.9. The fourth-order valence-corrected chi connectivity index (χ4v) is 5.93. The molecule has 3 aliphatic rings. The van der Waals surface area contributed by atoms with Gasteiger partial charge in [-0.05, 0) is 74.8 Å². The summed E-state index contributed by atoms with van der Waals surface area (Å²) < 4.78 is 0. The molecule has 0 radical (unpaired) electrons. The van der Waals surface area contributed by atoms with Crippen LogP contribution in [0.3, 0.4) is 0 Å². The van der Waals surface area contributed by atoms with E-state index in [4.69, 9.17) is 4.98 Å². The van der Waals surface area contributed by atoms with Crippen molar-refractivity contribution in [3.63, 3.8) is 0 Å². The van der Waals surface area contributed by atoms with E-state index >= 15 is 0 Å². The lowest BCUT2D eigenvalue weighted by Gasteiger charge is -2.47. The molecular weight excluding hydrogens is 410 g/mol. The fraction of sp³-hybridized carbons (Fsp3) is 0.556. The van der Waals surface area contributed by atoms with Crippen molar-refractivity contribution in [3.8, 4) is 0 Å². The zero-order chi connectivity index (χ0) is 22.6. The van der Waals surface area contributed by atoms with E-state index in [1.165, 1.54) is 37.8 Å². The average Bonchev–Trinajstić information content (AvgIpc) is 3.38. The van der Waals surface area contributed by atoms with Crippen LogP contribution in [-0.4, -0.2) is 59.6 Å². The number of benzene rings is 1. The van der Waals surface area contributed by atoms with E-state index in [9.17, 15) is 4.79 Å². The van der Waals surface area contributed by atoms with Crippen LogP contribution in [0, 0.1) is 12.8 Å². The molecule has 2 unspecified atom stereocenters. The van der Waals surface area contributed by atoms with Crippen molar-refractivity contribution < 1.29 is 4.79 Å². The van der Waals surface area contributed by atoms with Gasteiger partial charge in [0.2, 0.25) is 0 Å². The molecular formula is C27H37N5O. The highest BCUT2D eigenvalue weighted by Crippen LogP contribution is 2.31. The average molecular weight is 448 g/mol. The summed E-state index contributed by atoms with van der Waals surface area (Å²) in [5, 5.41) is 3.19. The fourth-order valence-electron chi connectivity index (χ4n) is 5.93. The predicted molar refractivity (Wildman–Crippen MR) is 132 cm³/mol. The Bertz CT molecular complexity index is 943. The lowest BCUT2D eigenvalue weighted by molar-refractivity contribution is 0.0297. The third-order valence-electron chi connectivity index (χ3n) is 7.57. The van der Waals surface area contributed by atoms with Gasteiger partial charge in [-0.25, -0.2) is 9.78 Å². The summed E-state index contributed by atoms with van der Waals surface area (Å²) in [6.07, 6.45) is 5.99. The summed E-state index contributed by atoms with van der Waals surface area (Å²) in [5.41, 5.74) is 3.55. The topological polar surface area (TPSA) is 51.7 Å². The summed E-state index contributed by atoms with van der Waals surface area (Å²) in [4.78, 5) is 24.8. The molecule has 176 valence electrons. The molecule has 0 aliphatic carbocycles. The van der Waals surface area contributed by atoms with E-state index < -0.39 is 0 Å². The van der Waals surface area contributed by atoms with Gasteiger partial charge < -0.3 is 15.1 Å². The second-order valence-corrected chi connectivity index (χ2v) is 9.99. The van der Waals surface area contributed by atoms with Crippen molar-refractivity contribution in [2.45, 2.75) is 58.2 Å². The standard InChI is InChI=1S/C27H37N5O/c1-21-16-23(17-26(29-21)30-12-5-6-13-30)18-28-27(33)32-15-11-25-24(20-32)10-7-14-31(25)19-22-8-3-2-4-9-22/h2-4,8-9,16-17,24-25H,5-7,10-15,18-20H2,1H3,(H,28,33). The molecule has 5 rings (SSSR count). The first-order valence-corrected chi connectivity index (χ1v) is 12.7. The minimum absolute atomic E-state index is 0.0748. The van der Waals surface area contributed by atoms with Crippen LogP contribution < -0.4 is 10.2 Å². The molecule has 3 aliphatic heterocycles. The van der Waals surface area contributed by atoms with E-state index in [1.807, 2.05) is 11.8 Å². The molecule has 3 fully saturated rings. The quantitative estimate of drug-likeness (QED) is 0.747. The van der Waals surface area contributed by atoms with Crippen LogP contribution in [0.5, 0.6) is 0 Å². The molecule has 6 heteroatoms. The minimum atomic E-state index is 0.0748. The monoisotopic (exact) mass is 447 g/mol. The van der Waals surface area contributed by atoms with Gasteiger partial charge >= 0.3 is 6.03 Å². The van der Waals surface area contributed by atoms with Gasteiger partial charge in [0.1, 0.15) is 5.82 Å². The molecule has 2 atom stereocenters.